The number of aromatic nitrogens is 3. The Kier molecular flexibility index (Phi) is 6.59. The van der Waals surface area contributed by atoms with Crippen LogP contribution in [-0.4, -0.2) is 38.4 Å². The molecule has 0 fully saturated rings. The molecule has 1 heterocycles. The molecule has 9 heteroatoms. The number of hydrogen-bond acceptors (Lipinski definition) is 4. The monoisotopic (exact) mass is 438 g/mol. The van der Waals surface area contributed by atoms with Crippen molar-refractivity contribution in [3.05, 3.63) is 63.9 Å². The van der Waals surface area contributed by atoms with Crippen molar-refractivity contribution in [1.82, 2.24) is 19.7 Å². The average Bonchev–Trinajstić information content (AvgIpc) is 3.03. The molecule has 146 valence electrons. The summed E-state index contributed by atoms with van der Waals surface area (Å²) in [7, 11) is 3.42. The summed E-state index contributed by atoms with van der Waals surface area (Å²) in [6, 6.07) is 11.8. The Morgan fingerprint density at radius 1 is 1.14 bits per heavy atom. The van der Waals surface area contributed by atoms with Gasteiger partial charge in [-0.2, -0.15) is 0 Å². The molecule has 3 rings (SSSR count). The van der Waals surface area contributed by atoms with Crippen LogP contribution in [0.25, 0.3) is 11.4 Å². The fraction of sp³-hybridized carbons (Fsp3) is 0.211. The first-order valence-corrected chi connectivity index (χ1v) is 10.1. The van der Waals surface area contributed by atoms with Crippen molar-refractivity contribution in [3.63, 3.8) is 0 Å². The molecule has 0 radical (unpaired) electrons. The summed E-state index contributed by atoms with van der Waals surface area (Å²) in [6.45, 7) is 0.0919. The zero-order chi connectivity index (χ0) is 20.3. The molecule has 0 N–H and O–H groups in total. The Labute approximate surface area is 176 Å². The highest BCUT2D eigenvalue weighted by Gasteiger charge is 2.18. The van der Waals surface area contributed by atoms with E-state index in [0.29, 0.717) is 26.6 Å². The number of carbonyl (C=O) groups is 1. The molecule has 0 aliphatic heterocycles. The topological polar surface area (TPSA) is 51.0 Å². The lowest BCUT2D eigenvalue weighted by Gasteiger charge is -2.18. The minimum atomic E-state index is -0.433. The molecule has 0 bridgehead atoms. The fourth-order valence-corrected chi connectivity index (χ4v) is 3.86. The van der Waals surface area contributed by atoms with E-state index in [0.717, 1.165) is 5.56 Å². The van der Waals surface area contributed by atoms with E-state index in [9.17, 15) is 9.18 Å². The van der Waals surface area contributed by atoms with Gasteiger partial charge in [0.05, 0.1) is 10.8 Å². The van der Waals surface area contributed by atoms with Gasteiger partial charge in [0.1, 0.15) is 5.82 Å². The lowest BCUT2D eigenvalue weighted by molar-refractivity contribution is -0.127. The number of hydrogen-bond donors (Lipinski definition) is 0. The van der Waals surface area contributed by atoms with Crippen LogP contribution in [0.3, 0.4) is 0 Å². The molecule has 28 heavy (non-hydrogen) atoms. The third-order valence-corrected chi connectivity index (χ3v) is 5.85. The van der Waals surface area contributed by atoms with E-state index >= 15 is 0 Å². The molecule has 0 aliphatic carbocycles. The minimum Gasteiger partial charge on any atom is -0.341 e. The van der Waals surface area contributed by atoms with Crippen molar-refractivity contribution in [2.45, 2.75) is 11.7 Å². The van der Waals surface area contributed by atoms with Gasteiger partial charge in [-0.3, -0.25) is 4.79 Å². The first kappa shape index (κ1) is 20.6. The summed E-state index contributed by atoms with van der Waals surface area (Å²) in [5.74, 6) is 0.146. The van der Waals surface area contributed by atoms with Gasteiger partial charge in [-0.05, 0) is 24.3 Å². The molecule has 0 unspecified atom stereocenters. The normalized spacial score (nSPS) is 10.9. The predicted molar refractivity (Wildman–Crippen MR) is 110 cm³/mol. The number of carbonyl (C=O) groups excluding carboxylic acids is 1. The molecule has 0 atom stereocenters. The number of amides is 1. The third-order valence-electron chi connectivity index (χ3n) is 4.16. The van der Waals surface area contributed by atoms with Gasteiger partial charge in [-0.25, -0.2) is 4.39 Å². The van der Waals surface area contributed by atoms with Gasteiger partial charge >= 0.3 is 0 Å². The maximum atomic E-state index is 13.9. The Morgan fingerprint density at radius 3 is 2.57 bits per heavy atom. The number of halogens is 3. The Balaban J connectivity index is 1.66. The molecule has 0 aliphatic rings. The summed E-state index contributed by atoms with van der Waals surface area (Å²) in [5.41, 5.74) is 1.06. The molecule has 3 aromatic rings. The van der Waals surface area contributed by atoms with Gasteiger partial charge in [0.25, 0.3) is 0 Å². The summed E-state index contributed by atoms with van der Waals surface area (Å²) in [6.07, 6.45) is 0. The van der Waals surface area contributed by atoms with Crippen molar-refractivity contribution in [1.29, 1.82) is 0 Å². The van der Waals surface area contributed by atoms with E-state index in [2.05, 4.69) is 10.2 Å². The molecule has 0 spiro atoms. The average molecular weight is 439 g/mol. The van der Waals surface area contributed by atoms with Crippen molar-refractivity contribution >= 4 is 40.9 Å². The van der Waals surface area contributed by atoms with Crippen LogP contribution >= 0.6 is 35.0 Å². The summed E-state index contributed by atoms with van der Waals surface area (Å²) in [5, 5.41) is 9.77. The number of nitrogens with zero attached hydrogens (tertiary/aromatic N) is 4. The maximum Gasteiger partial charge on any atom is 0.233 e. The highest BCUT2D eigenvalue weighted by atomic mass is 35.5. The van der Waals surface area contributed by atoms with Gasteiger partial charge in [-0.15, -0.1) is 10.2 Å². The van der Waals surface area contributed by atoms with Crippen LogP contribution in [0, 0.1) is 5.82 Å². The van der Waals surface area contributed by atoms with Gasteiger partial charge in [0.15, 0.2) is 11.0 Å². The lowest BCUT2D eigenvalue weighted by atomic mass is 10.2. The zero-order valence-corrected chi connectivity index (χ0v) is 17.5. The second-order valence-electron chi connectivity index (χ2n) is 6.08. The molecule has 1 aromatic heterocycles. The SMILES string of the molecule is CN(Cc1c(F)cccc1Cl)C(=O)CSc1nnc(-c2ccccc2Cl)n1C. The fourth-order valence-electron chi connectivity index (χ4n) is 2.56. The number of thioether (sulfide) groups is 1. The maximum absolute atomic E-state index is 13.9. The van der Waals surface area contributed by atoms with Crippen LogP contribution in [-0.2, 0) is 18.4 Å². The predicted octanol–water partition coefficient (Wildman–Crippen LogP) is 4.68. The number of rotatable bonds is 6. The number of benzene rings is 2. The first-order chi connectivity index (χ1) is 13.4. The highest BCUT2D eigenvalue weighted by Crippen LogP contribution is 2.28. The quantitative estimate of drug-likeness (QED) is 0.524. The summed E-state index contributed by atoms with van der Waals surface area (Å²) < 4.78 is 15.7. The van der Waals surface area contributed by atoms with Crippen LogP contribution in [0.5, 0.6) is 0 Å². The molecular formula is C19H17Cl2FN4OS. The van der Waals surface area contributed by atoms with Crippen molar-refractivity contribution < 1.29 is 9.18 Å². The van der Waals surface area contributed by atoms with E-state index < -0.39 is 5.82 Å². The zero-order valence-electron chi connectivity index (χ0n) is 15.2. The van der Waals surface area contributed by atoms with Crippen LogP contribution in [0.2, 0.25) is 10.0 Å². The first-order valence-electron chi connectivity index (χ1n) is 8.32. The van der Waals surface area contributed by atoms with Gasteiger partial charge in [-0.1, -0.05) is 53.2 Å². The Morgan fingerprint density at radius 2 is 1.86 bits per heavy atom. The van der Waals surface area contributed by atoms with E-state index in [1.807, 2.05) is 25.2 Å². The lowest BCUT2D eigenvalue weighted by Crippen LogP contribution is -2.28. The molecule has 1 amide bonds. The van der Waals surface area contributed by atoms with E-state index in [1.165, 1.54) is 28.8 Å². The van der Waals surface area contributed by atoms with Gasteiger partial charge in [0.2, 0.25) is 5.91 Å². The second-order valence-corrected chi connectivity index (χ2v) is 7.84. The molecule has 0 saturated carbocycles. The minimum absolute atomic E-state index is 0.0919. The van der Waals surface area contributed by atoms with E-state index in [-0.39, 0.29) is 18.2 Å². The second kappa shape index (κ2) is 8.94. The van der Waals surface area contributed by atoms with E-state index in [1.54, 1.807) is 23.7 Å². The smallest absolute Gasteiger partial charge is 0.233 e. The molecule has 2 aromatic carbocycles. The van der Waals surface area contributed by atoms with Crippen LogP contribution < -0.4 is 0 Å². The van der Waals surface area contributed by atoms with Crippen molar-refractivity contribution in [3.8, 4) is 11.4 Å². The van der Waals surface area contributed by atoms with Crippen LogP contribution in [0.4, 0.5) is 4.39 Å². The van der Waals surface area contributed by atoms with Crippen LogP contribution in [0.15, 0.2) is 47.6 Å². The molecular weight excluding hydrogens is 422 g/mol. The van der Waals surface area contributed by atoms with E-state index in [4.69, 9.17) is 23.2 Å². The molecule has 5 nitrogen and oxygen atoms in total. The van der Waals surface area contributed by atoms with Gasteiger partial charge in [0, 0.05) is 36.8 Å². The van der Waals surface area contributed by atoms with Crippen LogP contribution in [0.1, 0.15) is 5.56 Å². The Bertz CT molecular complexity index is 991. The summed E-state index contributed by atoms with van der Waals surface area (Å²) >= 11 is 13.5. The summed E-state index contributed by atoms with van der Waals surface area (Å²) in [4.78, 5) is 13.9. The Hall–Kier alpha value is -2.09. The highest BCUT2D eigenvalue weighted by molar-refractivity contribution is 7.99. The standard InChI is InChI=1S/C19H17Cl2FN4OS/c1-25(10-13-15(21)8-5-9-16(13)22)17(27)11-28-19-24-23-18(26(19)2)12-6-3-4-7-14(12)20/h3-9H,10-11H2,1-2H3. The van der Waals surface area contributed by atoms with Crippen molar-refractivity contribution in [2.24, 2.45) is 7.05 Å². The van der Waals surface area contributed by atoms with Gasteiger partial charge < -0.3 is 9.47 Å². The largest absolute Gasteiger partial charge is 0.341 e. The third kappa shape index (κ3) is 4.48. The van der Waals surface area contributed by atoms with Crippen molar-refractivity contribution in [2.75, 3.05) is 12.8 Å². The molecule has 0 saturated heterocycles.